The monoisotopic (exact) mass is 453 g/mol. The SMILES string of the molecule is Cc1cc(F)cc(-c2cccc3[nH]c(-c4n[nH]c5ccc(-c6cn(C)nc6CO)nc45)nc23)c1. The predicted octanol–water partition coefficient (Wildman–Crippen LogP) is 4.51. The molecule has 0 saturated carbocycles. The summed E-state index contributed by atoms with van der Waals surface area (Å²) in [7, 11) is 1.80. The topological polar surface area (TPSA) is 108 Å². The number of fused-ring (bicyclic) bond motifs is 2. The maximum Gasteiger partial charge on any atom is 0.161 e. The van der Waals surface area contributed by atoms with Gasteiger partial charge in [-0.25, -0.2) is 14.4 Å². The van der Waals surface area contributed by atoms with Gasteiger partial charge in [0.1, 0.15) is 11.3 Å². The summed E-state index contributed by atoms with van der Waals surface area (Å²) in [6, 6.07) is 14.5. The van der Waals surface area contributed by atoms with Crippen molar-refractivity contribution in [1.29, 1.82) is 0 Å². The smallest absolute Gasteiger partial charge is 0.161 e. The minimum Gasteiger partial charge on any atom is -0.390 e. The fourth-order valence-electron chi connectivity index (χ4n) is 4.35. The number of para-hydroxylation sites is 1. The molecular weight excluding hydrogens is 433 g/mol. The zero-order valence-electron chi connectivity index (χ0n) is 18.5. The number of halogens is 1. The van der Waals surface area contributed by atoms with Crippen LogP contribution in [-0.2, 0) is 13.7 Å². The largest absolute Gasteiger partial charge is 0.390 e. The summed E-state index contributed by atoms with van der Waals surface area (Å²) >= 11 is 0. The molecule has 0 aliphatic heterocycles. The van der Waals surface area contributed by atoms with Crippen LogP contribution in [0.1, 0.15) is 11.3 Å². The number of aliphatic hydroxyl groups excluding tert-OH is 1. The van der Waals surface area contributed by atoms with E-state index in [1.807, 2.05) is 49.5 Å². The molecule has 9 heteroatoms. The van der Waals surface area contributed by atoms with Gasteiger partial charge in [0.2, 0.25) is 0 Å². The molecule has 0 bridgehead atoms. The van der Waals surface area contributed by atoms with Gasteiger partial charge in [0.15, 0.2) is 11.5 Å². The van der Waals surface area contributed by atoms with Crippen LogP contribution in [0.5, 0.6) is 0 Å². The first-order chi connectivity index (χ1) is 16.5. The van der Waals surface area contributed by atoms with Gasteiger partial charge < -0.3 is 10.1 Å². The number of benzene rings is 2. The van der Waals surface area contributed by atoms with E-state index in [0.29, 0.717) is 28.4 Å². The number of aromatic amines is 2. The number of nitrogens with one attached hydrogen (secondary N) is 2. The third-order valence-corrected chi connectivity index (χ3v) is 5.83. The van der Waals surface area contributed by atoms with Crippen molar-refractivity contribution in [3.05, 3.63) is 71.8 Å². The normalized spacial score (nSPS) is 11.6. The second kappa shape index (κ2) is 7.60. The van der Waals surface area contributed by atoms with Gasteiger partial charge in [0, 0.05) is 24.4 Å². The Hall–Kier alpha value is -4.37. The van der Waals surface area contributed by atoms with Crippen LogP contribution in [-0.4, -0.2) is 40.0 Å². The summed E-state index contributed by atoms with van der Waals surface area (Å²) in [5.74, 6) is 0.274. The molecule has 0 amide bonds. The number of aliphatic hydroxyl groups is 1. The van der Waals surface area contributed by atoms with E-state index in [0.717, 1.165) is 38.8 Å². The number of nitrogens with zero attached hydrogens (tertiary/aromatic N) is 5. The molecule has 168 valence electrons. The van der Waals surface area contributed by atoms with E-state index in [1.165, 1.54) is 12.1 Å². The number of pyridine rings is 1. The van der Waals surface area contributed by atoms with E-state index in [9.17, 15) is 9.50 Å². The van der Waals surface area contributed by atoms with Crippen molar-refractivity contribution in [3.63, 3.8) is 0 Å². The van der Waals surface area contributed by atoms with Crippen molar-refractivity contribution in [3.8, 4) is 33.9 Å². The third-order valence-electron chi connectivity index (χ3n) is 5.83. The molecule has 3 N–H and O–H groups in total. The Bertz CT molecular complexity index is 1670. The van der Waals surface area contributed by atoms with Crippen LogP contribution >= 0.6 is 0 Å². The molecule has 0 fully saturated rings. The lowest BCUT2D eigenvalue weighted by Crippen LogP contribution is -1.92. The van der Waals surface area contributed by atoms with Gasteiger partial charge >= 0.3 is 0 Å². The minimum absolute atomic E-state index is 0.181. The molecule has 0 spiro atoms. The molecule has 34 heavy (non-hydrogen) atoms. The van der Waals surface area contributed by atoms with Gasteiger partial charge in [-0.2, -0.15) is 10.2 Å². The van der Waals surface area contributed by atoms with Crippen LogP contribution < -0.4 is 0 Å². The van der Waals surface area contributed by atoms with Crippen molar-refractivity contribution in [2.45, 2.75) is 13.5 Å². The number of imidazole rings is 1. The first kappa shape index (κ1) is 20.3. The van der Waals surface area contributed by atoms with Gasteiger partial charge in [-0.1, -0.05) is 18.2 Å². The van der Waals surface area contributed by atoms with Crippen molar-refractivity contribution in [1.82, 2.24) is 34.9 Å². The molecule has 0 atom stereocenters. The fourth-order valence-corrected chi connectivity index (χ4v) is 4.35. The zero-order valence-corrected chi connectivity index (χ0v) is 18.5. The lowest BCUT2D eigenvalue weighted by Gasteiger charge is -2.04. The van der Waals surface area contributed by atoms with E-state index in [2.05, 4.69) is 20.3 Å². The Balaban J connectivity index is 1.51. The fraction of sp³-hybridized carbons (Fsp3) is 0.120. The van der Waals surface area contributed by atoms with Gasteiger partial charge in [0.05, 0.1) is 34.5 Å². The summed E-state index contributed by atoms with van der Waals surface area (Å²) < 4.78 is 15.7. The van der Waals surface area contributed by atoms with Crippen LogP contribution in [0.4, 0.5) is 4.39 Å². The maximum atomic E-state index is 14.1. The highest BCUT2D eigenvalue weighted by Gasteiger charge is 2.18. The average Bonchev–Trinajstić information content (AvgIpc) is 3.53. The van der Waals surface area contributed by atoms with Gasteiger partial charge in [-0.3, -0.25) is 9.78 Å². The van der Waals surface area contributed by atoms with Crippen molar-refractivity contribution < 1.29 is 9.50 Å². The maximum absolute atomic E-state index is 14.1. The molecule has 0 aliphatic carbocycles. The highest BCUT2D eigenvalue weighted by atomic mass is 19.1. The predicted molar refractivity (Wildman–Crippen MR) is 127 cm³/mol. The van der Waals surface area contributed by atoms with Crippen LogP contribution in [0.3, 0.4) is 0 Å². The summed E-state index contributed by atoms with van der Waals surface area (Å²) in [5, 5.41) is 21.4. The molecule has 4 aromatic heterocycles. The molecule has 0 saturated heterocycles. The average molecular weight is 453 g/mol. The van der Waals surface area contributed by atoms with Crippen LogP contribution in [0.25, 0.3) is 56.0 Å². The van der Waals surface area contributed by atoms with E-state index in [-0.39, 0.29) is 12.4 Å². The summed E-state index contributed by atoms with van der Waals surface area (Å²) in [5.41, 5.74) is 7.95. The number of aryl methyl sites for hydroxylation is 2. The highest BCUT2D eigenvalue weighted by molar-refractivity contribution is 5.96. The van der Waals surface area contributed by atoms with Gasteiger partial charge in [0.25, 0.3) is 0 Å². The molecule has 2 aromatic carbocycles. The van der Waals surface area contributed by atoms with Gasteiger partial charge in [-0.05, 0) is 48.4 Å². The van der Waals surface area contributed by atoms with Crippen molar-refractivity contribution >= 4 is 22.1 Å². The lowest BCUT2D eigenvalue weighted by molar-refractivity contribution is 0.276. The number of rotatable bonds is 4. The number of hydrogen-bond donors (Lipinski definition) is 3. The molecule has 0 unspecified atom stereocenters. The minimum atomic E-state index is -0.282. The molecule has 4 heterocycles. The van der Waals surface area contributed by atoms with Crippen LogP contribution in [0, 0.1) is 12.7 Å². The number of aromatic nitrogens is 7. The van der Waals surface area contributed by atoms with E-state index in [1.54, 1.807) is 11.7 Å². The Morgan fingerprint density at radius 2 is 1.88 bits per heavy atom. The van der Waals surface area contributed by atoms with E-state index in [4.69, 9.17) is 9.97 Å². The third kappa shape index (κ3) is 3.25. The lowest BCUT2D eigenvalue weighted by atomic mass is 10.0. The highest BCUT2D eigenvalue weighted by Crippen LogP contribution is 2.32. The Morgan fingerprint density at radius 3 is 2.71 bits per heavy atom. The molecule has 6 aromatic rings. The molecule has 0 aliphatic rings. The Labute approximate surface area is 193 Å². The van der Waals surface area contributed by atoms with E-state index < -0.39 is 0 Å². The van der Waals surface area contributed by atoms with Crippen molar-refractivity contribution in [2.75, 3.05) is 0 Å². The molecule has 0 radical (unpaired) electrons. The van der Waals surface area contributed by atoms with Crippen LogP contribution in [0.2, 0.25) is 0 Å². The molecule has 8 nitrogen and oxygen atoms in total. The first-order valence-corrected chi connectivity index (χ1v) is 10.8. The zero-order chi connectivity index (χ0) is 23.4. The Morgan fingerprint density at radius 1 is 1.00 bits per heavy atom. The molecule has 6 rings (SSSR count). The standard InChI is InChI=1S/C25H20FN7O/c1-13-8-14(10-15(26)9-13)16-4-3-5-19-22(16)29-25(28-19)24-23-20(30-31-24)7-6-18(27-23)17-11-33(2)32-21(17)12-34/h3-11,34H,12H2,1-2H3,(H,28,29)(H,30,31). The quantitative estimate of drug-likeness (QED) is 0.364. The number of hydrogen-bond acceptors (Lipinski definition) is 5. The summed E-state index contributed by atoms with van der Waals surface area (Å²) in [6.45, 7) is 1.69. The first-order valence-electron chi connectivity index (χ1n) is 10.8. The summed E-state index contributed by atoms with van der Waals surface area (Å²) in [4.78, 5) is 13.0. The van der Waals surface area contributed by atoms with Crippen LogP contribution in [0.15, 0.2) is 54.7 Å². The molecular formula is C25H20FN7O. The van der Waals surface area contributed by atoms with Gasteiger partial charge in [-0.15, -0.1) is 0 Å². The summed E-state index contributed by atoms with van der Waals surface area (Å²) in [6.07, 6.45) is 1.83. The number of H-pyrrole nitrogens is 2. The Kier molecular flexibility index (Phi) is 4.53. The second-order valence-corrected chi connectivity index (χ2v) is 8.29. The van der Waals surface area contributed by atoms with Crippen molar-refractivity contribution in [2.24, 2.45) is 7.05 Å². The second-order valence-electron chi connectivity index (χ2n) is 8.29. The van der Waals surface area contributed by atoms with E-state index >= 15 is 0 Å².